The number of halogens is 1. The summed E-state index contributed by atoms with van der Waals surface area (Å²) < 4.78 is 0. The molecule has 0 aliphatic rings. The first-order valence-electron chi connectivity index (χ1n) is 7.84. The number of hydrogen-bond donors (Lipinski definition) is 3. The number of nitrogens with one attached hydrogen (secondary N) is 3. The minimum absolute atomic E-state index is 0. The van der Waals surface area contributed by atoms with Crippen LogP contribution in [-0.4, -0.2) is 43.0 Å². The Morgan fingerprint density at radius 2 is 2.00 bits per heavy atom. The molecular weight excluding hydrogens is 405 g/mol. The number of rotatable bonds is 8. The van der Waals surface area contributed by atoms with Crippen LogP contribution in [0.3, 0.4) is 0 Å². The van der Waals surface area contributed by atoms with Gasteiger partial charge in [0.1, 0.15) is 0 Å². The molecule has 0 saturated heterocycles. The van der Waals surface area contributed by atoms with Crippen LogP contribution in [-0.2, 0) is 0 Å². The number of aliphatic imine (C=N–C) groups is 1. The van der Waals surface area contributed by atoms with Gasteiger partial charge in [0, 0.05) is 38.6 Å². The molecule has 0 radical (unpaired) electrons. The average Bonchev–Trinajstić information content (AvgIpc) is 2.51. The van der Waals surface area contributed by atoms with E-state index in [1.54, 1.807) is 24.5 Å². The van der Waals surface area contributed by atoms with Crippen LogP contribution in [0.1, 0.15) is 37.6 Å². The molecule has 0 atom stereocenters. The monoisotopic (exact) mass is 433 g/mol. The zero-order valence-corrected chi connectivity index (χ0v) is 16.5. The Morgan fingerprint density at radius 3 is 2.61 bits per heavy atom. The van der Waals surface area contributed by atoms with E-state index in [0.29, 0.717) is 24.6 Å². The highest BCUT2D eigenvalue weighted by atomic mass is 127. The molecule has 6 nitrogen and oxygen atoms in total. The predicted molar refractivity (Wildman–Crippen MR) is 105 cm³/mol. The highest BCUT2D eigenvalue weighted by molar-refractivity contribution is 14.0. The van der Waals surface area contributed by atoms with Crippen molar-refractivity contribution in [1.29, 1.82) is 0 Å². The van der Waals surface area contributed by atoms with E-state index >= 15 is 0 Å². The number of carbonyl (C=O) groups is 1. The first kappa shape index (κ1) is 21.6. The second-order valence-electron chi connectivity index (χ2n) is 5.37. The van der Waals surface area contributed by atoms with E-state index < -0.39 is 0 Å². The zero-order valence-electron chi connectivity index (χ0n) is 14.1. The lowest BCUT2D eigenvalue weighted by Gasteiger charge is -2.12. The van der Waals surface area contributed by atoms with Crippen LogP contribution < -0.4 is 16.0 Å². The number of nitrogens with zero attached hydrogens (tertiary/aromatic N) is 2. The second-order valence-corrected chi connectivity index (χ2v) is 5.37. The molecule has 1 aromatic heterocycles. The number of amides is 1. The van der Waals surface area contributed by atoms with E-state index in [-0.39, 0.29) is 29.9 Å². The van der Waals surface area contributed by atoms with Gasteiger partial charge in [0.2, 0.25) is 0 Å². The third kappa shape index (κ3) is 10.1. The quantitative estimate of drug-likeness (QED) is 0.254. The average molecular weight is 433 g/mol. The number of pyridine rings is 1. The van der Waals surface area contributed by atoms with Crippen molar-refractivity contribution in [2.75, 3.05) is 26.2 Å². The summed E-state index contributed by atoms with van der Waals surface area (Å²) >= 11 is 0. The molecule has 0 aliphatic carbocycles. The maximum atomic E-state index is 11.8. The van der Waals surface area contributed by atoms with Gasteiger partial charge in [-0.1, -0.05) is 13.8 Å². The van der Waals surface area contributed by atoms with E-state index in [0.717, 1.165) is 25.5 Å². The molecule has 130 valence electrons. The molecular formula is C16H28IN5O. The van der Waals surface area contributed by atoms with E-state index in [4.69, 9.17) is 0 Å². The first-order valence-corrected chi connectivity index (χ1v) is 7.84. The van der Waals surface area contributed by atoms with E-state index in [2.05, 4.69) is 39.8 Å². The van der Waals surface area contributed by atoms with Crippen molar-refractivity contribution in [3.63, 3.8) is 0 Å². The van der Waals surface area contributed by atoms with Crippen LogP contribution in [0.5, 0.6) is 0 Å². The summed E-state index contributed by atoms with van der Waals surface area (Å²) in [6.07, 6.45) is 4.27. The van der Waals surface area contributed by atoms with E-state index in [9.17, 15) is 4.79 Å². The highest BCUT2D eigenvalue weighted by Gasteiger charge is 2.04. The minimum Gasteiger partial charge on any atom is -0.357 e. The molecule has 1 rings (SSSR count). The largest absolute Gasteiger partial charge is 0.357 e. The molecule has 0 fully saturated rings. The third-order valence-electron chi connectivity index (χ3n) is 2.95. The standard InChI is InChI=1S/C16H27N5O.HI/c1-4-18-16(20-9-7-13(2)3)21-11-10-19-15(22)14-6-5-8-17-12-14;/h5-6,8,12-13H,4,7,9-11H2,1-3H3,(H,19,22)(H2,18,20,21);1H. The number of aromatic nitrogens is 1. The summed E-state index contributed by atoms with van der Waals surface area (Å²) in [5.41, 5.74) is 0.569. The molecule has 1 heterocycles. The van der Waals surface area contributed by atoms with Crippen LogP contribution in [0.2, 0.25) is 0 Å². The summed E-state index contributed by atoms with van der Waals surface area (Å²) in [6.45, 7) is 9.17. The van der Waals surface area contributed by atoms with Crippen molar-refractivity contribution < 1.29 is 4.79 Å². The fourth-order valence-electron chi connectivity index (χ4n) is 1.73. The Labute approximate surface area is 156 Å². The van der Waals surface area contributed by atoms with Crippen molar-refractivity contribution in [2.45, 2.75) is 27.2 Å². The smallest absolute Gasteiger partial charge is 0.252 e. The summed E-state index contributed by atoms with van der Waals surface area (Å²) in [5.74, 6) is 1.32. The Morgan fingerprint density at radius 1 is 1.26 bits per heavy atom. The van der Waals surface area contributed by atoms with Crippen molar-refractivity contribution in [3.8, 4) is 0 Å². The molecule has 0 saturated carbocycles. The summed E-state index contributed by atoms with van der Waals surface area (Å²) in [5, 5.41) is 9.25. The van der Waals surface area contributed by atoms with Gasteiger partial charge in [0.15, 0.2) is 5.96 Å². The lowest BCUT2D eigenvalue weighted by atomic mass is 10.1. The Balaban J connectivity index is 0.00000484. The van der Waals surface area contributed by atoms with Crippen LogP contribution in [0.15, 0.2) is 29.5 Å². The van der Waals surface area contributed by atoms with Gasteiger partial charge in [-0.25, -0.2) is 0 Å². The molecule has 23 heavy (non-hydrogen) atoms. The topological polar surface area (TPSA) is 78.4 Å². The van der Waals surface area contributed by atoms with Crippen LogP contribution in [0.4, 0.5) is 0 Å². The number of hydrogen-bond acceptors (Lipinski definition) is 3. The normalized spacial score (nSPS) is 10.9. The maximum Gasteiger partial charge on any atom is 0.252 e. The van der Waals surface area contributed by atoms with E-state index in [1.807, 2.05) is 6.92 Å². The van der Waals surface area contributed by atoms with Crippen LogP contribution in [0, 0.1) is 5.92 Å². The van der Waals surface area contributed by atoms with Crippen molar-refractivity contribution in [2.24, 2.45) is 10.9 Å². The van der Waals surface area contributed by atoms with Gasteiger partial charge < -0.3 is 16.0 Å². The SMILES string of the molecule is CCNC(=NCCC(C)C)NCCNC(=O)c1cccnc1.I. The van der Waals surface area contributed by atoms with Crippen LogP contribution in [0.25, 0.3) is 0 Å². The molecule has 0 bridgehead atoms. The lowest BCUT2D eigenvalue weighted by Crippen LogP contribution is -2.41. The van der Waals surface area contributed by atoms with Crippen molar-refractivity contribution in [1.82, 2.24) is 20.9 Å². The fraction of sp³-hybridized carbons (Fsp3) is 0.562. The molecule has 0 aromatic carbocycles. The fourth-order valence-corrected chi connectivity index (χ4v) is 1.73. The van der Waals surface area contributed by atoms with Gasteiger partial charge in [-0.15, -0.1) is 24.0 Å². The molecule has 3 N–H and O–H groups in total. The molecule has 0 aliphatic heterocycles. The van der Waals surface area contributed by atoms with E-state index in [1.165, 1.54) is 0 Å². The Kier molecular flexibility index (Phi) is 12.3. The third-order valence-corrected chi connectivity index (χ3v) is 2.95. The van der Waals surface area contributed by atoms with Crippen molar-refractivity contribution >= 4 is 35.8 Å². The number of carbonyl (C=O) groups excluding carboxylic acids is 1. The Hall–Kier alpha value is -1.38. The lowest BCUT2D eigenvalue weighted by molar-refractivity contribution is 0.0954. The first-order chi connectivity index (χ1) is 10.6. The van der Waals surface area contributed by atoms with Gasteiger partial charge in [-0.3, -0.25) is 14.8 Å². The molecule has 0 unspecified atom stereocenters. The zero-order chi connectivity index (χ0) is 16.2. The van der Waals surface area contributed by atoms with Gasteiger partial charge in [0.25, 0.3) is 5.91 Å². The highest BCUT2D eigenvalue weighted by Crippen LogP contribution is 1.98. The van der Waals surface area contributed by atoms with Gasteiger partial charge in [0.05, 0.1) is 5.56 Å². The summed E-state index contributed by atoms with van der Waals surface area (Å²) in [4.78, 5) is 20.3. The number of guanidine groups is 1. The minimum atomic E-state index is -0.114. The van der Waals surface area contributed by atoms with Crippen LogP contribution >= 0.6 is 24.0 Å². The second kappa shape index (κ2) is 13.1. The summed E-state index contributed by atoms with van der Waals surface area (Å²) in [7, 11) is 0. The van der Waals surface area contributed by atoms with Crippen molar-refractivity contribution in [3.05, 3.63) is 30.1 Å². The molecule has 1 amide bonds. The molecule has 7 heteroatoms. The molecule has 1 aromatic rings. The molecule has 0 spiro atoms. The summed E-state index contributed by atoms with van der Waals surface area (Å²) in [6, 6.07) is 3.49. The van der Waals surface area contributed by atoms with Gasteiger partial charge >= 0.3 is 0 Å². The predicted octanol–water partition coefficient (Wildman–Crippen LogP) is 2.03. The Bertz CT molecular complexity index is 465. The van der Waals surface area contributed by atoms with Gasteiger partial charge in [-0.05, 0) is 31.4 Å². The maximum absolute atomic E-state index is 11.8. The van der Waals surface area contributed by atoms with Gasteiger partial charge in [-0.2, -0.15) is 0 Å².